The molecule has 0 radical (unpaired) electrons. The average Bonchev–Trinajstić information content (AvgIpc) is 3.39. The van der Waals surface area contributed by atoms with Crippen molar-refractivity contribution < 1.29 is 29.0 Å². The Balaban J connectivity index is 0.931. The Morgan fingerprint density at radius 3 is 2.59 bits per heavy atom. The molecule has 1 unspecified atom stereocenters. The first kappa shape index (κ1) is 30.8. The number of nitrogens with one attached hydrogen (secondary N) is 2. The van der Waals surface area contributed by atoms with Crippen molar-refractivity contribution >= 4 is 40.8 Å². The molecule has 240 valence electrons. The Morgan fingerprint density at radius 2 is 1.80 bits per heavy atom. The molecule has 1 atom stereocenters. The number of rotatable bonds is 10. The number of phenols is 1. The standard InChI is InChI=1S/C32H36N8O6/c33-30-26(18-24(36-37-30)21-4-1-2-7-27(21)41)38-12-14-39(15-13-38)29(43)10-16-46-17-11-34-23-6-3-5-20-22(23)19-40(32(20)45)25-8-9-28(42)35-31(25)44/h1-7,18,25,34,41H,8-17,19H2,(H2,33,37)(H,35,42,44). The molecule has 0 bridgehead atoms. The second-order valence-electron chi connectivity index (χ2n) is 11.4. The normalized spacial score (nSPS) is 18.0. The van der Waals surface area contributed by atoms with Crippen LogP contribution in [0.15, 0.2) is 48.5 Å². The summed E-state index contributed by atoms with van der Waals surface area (Å²) in [5.41, 5.74) is 10.1. The predicted molar refractivity (Wildman–Crippen MR) is 169 cm³/mol. The summed E-state index contributed by atoms with van der Waals surface area (Å²) in [6.45, 7) is 3.62. The number of benzene rings is 2. The van der Waals surface area contributed by atoms with Crippen LogP contribution >= 0.6 is 0 Å². The quantitative estimate of drug-likeness (QED) is 0.188. The van der Waals surface area contributed by atoms with Gasteiger partial charge in [0.25, 0.3) is 5.91 Å². The molecule has 46 heavy (non-hydrogen) atoms. The maximum Gasteiger partial charge on any atom is 0.255 e. The van der Waals surface area contributed by atoms with Crippen molar-refractivity contribution in [3.05, 3.63) is 59.7 Å². The molecule has 14 heteroatoms. The number of nitrogen functional groups attached to an aromatic ring is 1. The van der Waals surface area contributed by atoms with E-state index in [0.717, 1.165) is 11.3 Å². The number of amides is 4. The van der Waals surface area contributed by atoms with Gasteiger partial charge >= 0.3 is 0 Å². The van der Waals surface area contributed by atoms with Crippen LogP contribution in [-0.4, -0.2) is 101 Å². The molecule has 1 aromatic heterocycles. The molecule has 0 spiro atoms. The number of piperidine rings is 1. The van der Waals surface area contributed by atoms with Gasteiger partial charge in [0.05, 0.1) is 31.0 Å². The molecule has 3 aliphatic rings. The molecule has 2 aromatic carbocycles. The van der Waals surface area contributed by atoms with Gasteiger partial charge in [-0.3, -0.25) is 24.5 Å². The molecule has 0 aliphatic carbocycles. The van der Waals surface area contributed by atoms with E-state index >= 15 is 0 Å². The van der Waals surface area contributed by atoms with Gasteiger partial charge in [-0.1, -0.05) is 18.2 Å². The zero-order valence-corrected chi connectivity index (χ0v) is 25.3. The topological polar surface area (TPSA) is 183 Å². The number of anilines is 3. The minimum Gasteiger partial charge on any atom is -0.507 e. The number of phenolic OH excluding ortho intramolecular Hbond substituents is 1. The molecule has 14 nitrogen and oxygen atoms in total. The molecular formula is C32H36N8O6. The van der Waals surface area contributed by atoms with Crippen LogP contribution in [0.2, 0.25) is 0 Å². The summed E-state index contributed by atoms with van der Waals surface area (Å²) in [6.07, 6.45) is 0.777. The third-order valence-corrected chi connectivity index (χ3v) is 8.56. The summed E-state index contributed by atoms with van der Waals surface area (Å²) in [6, 6.07) is 13.5. The van der Waals surface area contributed by atoms with E-state index in [1.54, 1.807) is 30.3 Å². The van der Waals surface area contributed by atoms with Gasteiger partial charge in [0.15, 0.2) is 5.82 Å². The maximum atomic E-state index is 13.0. The number of para-hydroxylation sites is 1. The van der Waals surface area contributed by atoms with E-state index in [1.165, 1.54) is 4.90 Å². The molecule has 2 fully saturated rings. The minimum absolute atomic E-state index is 0.0104. The number of piperazine rings is 1. The van der Waals surface area contributed by atoms with Crippen LogP contribution in [0.5, 0.6) is 5.75 Å². The van der Waals surface area contributed by atoms with Crippen molar-refractivity contribution in [2.24, 2.45) is 0 Å². The monoisotopic (exact) mass is 628 g/mol. The lowest BCUT2D eigenvalue weighted by molar-refractivity contribution is -0.137. The lowest BCUT2D eigenvalue weighted by atomic mass is 10.0. The van der Waals surface area contributed by atoms with E-state index in [4.69, 9.17) is 10.5 Å². The highest BCUT2D eigenvalue weighted by Gasteiger charge is 2.39. The second kappa shape index (κ2) is 13.4. The van der Waals surface area contributed by atoms with Crippen LogP contribution in [0.25, 0.3) is 11.3 Å². The predicted octanol–water partition coefficient (Wildman–Crippen LogP) is 1.36. The fraction of sp³-hybridized carbons (Fsp3) is 0.375. The number of hydrogen-bond donors (Lipinski definition) is 4. The van der Waals surface area contributed by atoms with Gasteiger partial charge < -0.3 is 35.6 Å². The van der Waals surface area contributed by atoms with E-state index in [1.807, 2.05) is 23.1 Å². The van der Waals surface area contributed by atoms with Gasteiger partial charge in [0.2, 0.25) is 17.7 Å². The molecule has 4 heterocycles. The highest BCUT2D eigenvalue weighted by atomic mass is 16.5. The molecular weight excluding hydrogens is 592 g/mol. The third-order valence-electron chi connectivity index (χ3n) is 8.56. The molecule has 6 rings (SSSR count). The Morgan fingerprint density at radius 1 is 1.02 bits per heavy atom. The lowest BCUT2D eigenvalue weighted by Gasteiger charge is -2.36. The Labute approximate surface area is 265 Å². The van der Waals surface area contributed by atoms with E-state index in [2.05, 4.69) is 25.7 Å². The molecule has 0 saturated carbocycles. The SMILES string of the molecule is Nc1nnc(-c2ccccc2O)cc1N1CCN(C(=O)CCOCCNc2cccc3c2CN(C2CCC(=O)NC2=O)C3=O)CC1. The van der Waals surface area contributed by atoms with Crippen molar-refractivity contribution in [1.82, 2.24) is 25.3 Å². The fourth-order valence-electron chi connectivity index (χ4n) is 6.09. The van der Waals surface area contributed by atoms with Gasteiger partial charge in [-0.25, -0.2) is 0 Å². The summed E-state index contributed by atoms with van der Waals surface area (Å²) < 4.78 is 5.73. The van der Waals surface area contributed by atoms with E-state index in [9.17, 15) is 24.3 Å². The number of fused-ring (bicyclic) bond motifs is 1. The number of imide groups is 1. The number of nitrogens with two attached hydrogens (primary N) is 1. The van der Waals surface area contributed by atoms with E-state index in [0.29, 0.717) is 74.1 Å². The molecule has 3 aliphatic heterocycles. The first-order valence-electron chi connectivity index (χ1n) is 15.3. The highest BCUT2D eigenvalue weighted by molar-refractivity contribution is 6.06. The minimum atomic E-state index is -0.664. The van der Waals surface area contributed by atoms with Crippen LogP contribution in [-0.2, 0) is 25.7 Å². The fourth-order valence-corrected chi connectivity index (χ4v) is 6.09. The first-order chi connectivity index (χ1) is 22.3. The Bertz CT molecular complexity index is 1660. The summed E-state index contributed by atoms with van der Waals surface area (Å²) >= 11 is 0. The molecule has 3 aromatic rings. The molecule has 4 amide bonds. The zero-order chi connectivity index (χ0) is 32.2. The van der Waals surface area contributed by atoms with Crippen LogP contribution in [0.3, 0.4) is 0 Å². The van der Waals surface area contributed by atoms with Crippen molar-refractivity contribution in [3.8, 4) is 17.0 Å². The van der Waals surface area contributed by atoms with E-state index < -0.39 is 11.9 Å². The van der Waals surface area contributed by atoms with Gasteiger partial charge in [-0.05, 0) is 36.8 Å². The number of nitrogens with zero attached hydrogens (tertiary/aromatic N) is 5. The molecule has 5 N–H and O–H groups in total. The van der Waals surface area contributed by atoms with Crippen LogP contribution in [0, 0.1) is 0 Å². The van der Waals surface area contributed by atoms with Crippen LogP contribution < -0.4 is 21.3 Å². The summed E-state index contributed by atoms with van der Waals surface area (Å²) in [5.74, 6) is -0.564. The number of aromatic nitrogens is 2. The number of carbonyl (C=O) groups is 4. The van der Waals surface area contributed by atoms with Gasteiger partial charge in [-0.15, -0.1) is 10.2 Å². The third kappa shape index (κ3) is 6.42. The van der Waals surface area contributed by atoms with E-state index in [-0.39, 0.29) is 49.5 Å². The zero-order valence-electron chi connectivity index (χ0n) is 25.3. The van der Waals surface area contributed by atoms with Crippen molar-refractivity contribution in [2.75, 3.05) is 61.9 Å². The average molecular weight is 629 g/mol. The maximum absolute atomic E-state index is 13.0. The second-order valence-corrected chi connectivity index (χ2v) is 11.4. The van der Waals surface area contributed by atoms with Crippen molar-refractivity contribution in [3.63, 3.8) is 0 Å². The van der Waals surface area contributed by atoms with Gasteiger partial charge in [-0.2, -0.15) is 0 Å². The van der Waals surface area contributed by atoms with Crippen LogP contribution in [0.1, 0.15) is 35.2 Å². The molecule has 2 saturated heterocycles. The smallest absolute Gasteiger partial charge is 0.255 e. The summed E-state index contributed by atoms with van der Waals surface area (Å²) in [7, 11) is 0. The summed E-state index contributed by atoms with van der Waals surface area (Å²) in [5, 5.41) is 24.1. The van der Waals surface area contributed by atoms with Crippen LogP contribution in [0.4, 0.5) is 17.2 Å². The Hall–Kier alpha value is -5.24. The lowest BCUT2D eigenvalue weighted by Crippen LogP contribution is -2.52. The number of carbonyl (C=O) groups excluding carboxylic acids is 4. The summed E-state index contributed by atoms with van der Waals surface area (Å²) in [4.78, 5) is 55.1. The van der Waals surface area contributed by atoms with Gasteiger partial charge in [0.1, 0.15) is 11.8 Å². The number of aromatic hydroxyl groups is 1. The Kier molecular flexibility index (Phi) is 8.97. The van der Waals surface area contributed by atoms with Gasteiger partial charge in [0, 0.05) is 68.1 Å². The largest absolute Gasteiger partial charge is 0.507 e. The number of hydrogen-bond acceptors (Lipinski definition) is 11. The number of ether oxygens (including phenoxy) is 1. The first-order valence-corrected chi connectivity index (χ1v) is 15.3. The van der Waals surface area contributed by atoms with Crippen molar-refractivity contribution in [1.29, 1.82) is 0 Å². The highest BCUT2D eigenvalue weighted by Crippen LogP contribution is 2.33. The van der Waals surface area contributed by atoms with Crippen molar-refractivity contribution in [2.45, 2.75) is 31.8 Å².